The van der Waals surface area contributed by atoms with E-state index in [1.807, 2.05) is 26.0 Å². The predicted molar refractivity (Wildman–Crippen MR) is 97.1 cm³/mol. The van der Waals surface area contributed by atoms with Gasteiger partial charge in [0.25, 0.3) is 0 Å². The SMILES string of the molecule is CCC1(C)CC(=O)N(C[NH+]2CCc3cc(OC)c(OC)cc3C2)C(=O)C1. The highest BCUT2D eigenvalue weighted by Gasteiger charge is 2.41. The van der Waals surface area contributed by atoms with Gasteiger partial charge in [0.2, 0.25) is 11.8 Å². The zero-order chi connectivity index (χ0) is 18.9. The van der Waals surface area contributed by atoms with Crippen molar-refractivity contribution in [1.82, 2.24) is 4.90 Å². The van der Waals surface area contributed by atoms with E-state index in [1.165, 1.54) is 20.9 Å². The topological polar surface area (TPSA) is 60.3 Å². The van der Waals surface area contributed by atoms with E-state index in [-0.39, 0.29) is 17.2 Å². The number of imide groups is 1. The number of amides is 2. The molecule has 1 aromatic rings. The molecular formula is C20H29N2O4+. The third-order valence-corrected chi connectivity index (χ3v) is 5.89. The van der Waals surface area contributed by atoms with Crippen molar-refractivity contribution in [2.45, 2.75) is 46.1 Å². The Kier molecular flexibility index (Phi) is 5.23. The van der Waals surface area contributed by atoms with Crippen molar-refractivity contribution in [1.29, 1.82) is 0 Å². The summed E-state index contributed by atoms with van der Waals surface area (Å²) in [5, 5.41) is 0. The molecule has 0 spiro atoms. The van der Waals surface area contributed by atoms with Crippen LogP contribution in [0.3, 0.4) is 0 Å². The van der Waals surface area contributed by atoms with Crippen molar-refractivity contribution in [3.63, 3.8) is 0 Å². The molecule has 0 radical (unpaired) electrons. The number of hydrogen-bond donors (Lipinski definition) is 1. The molecule has 2 aliphatic heterocycles. The molecule has 0 aromatic heterocycles. The van der Waals surface area contributed by atoms with Gasteiger partial charge in [0, 0.05) is 24.8 Å². The molecule has 0 bridgehead atoms. The van der Waals surface area contributed by atoms with Crippen LogP contribution >= 0.6 is 0 Å². The first-order chi connectivity index (χ1) is 12.4. The molecule has 2 amide bonds. The van der Waals surface area contributed by atoms with Crippen molar-refractivity contribution in [2.24, 2.45) is 5.41 Å². The molecule has 1 unspecified atom stereocenters. The van der Waals surface area contributed by atoms with Crippen LogP contribution in [0.5, 0.6) is 11.5 Å². The number of quaternary nitrogens is 1. The van der Waals surface area contributed by atoms with Gasteiger partial charge in [-0.1, -0.05) is 13.8 Å². The average Bonchev–Trinajstić information content (AvgIpc) is 2.63. The van der Waals surface area contributed by atoms with Crippen molar-refractivity contribution >= 4 is 11.8 Å². The highest BCUT2D eigenvalue weighted by molar-refractivity contribution is 5.98. The summed E-state index contributed by atoms with van der Waals surface area (Å²) in [5.41, 5.74) is 2.26. The Bertz CT molecular complexity index is 698. The number of fused-ring (bicyclic) bond motifs is 1. The summed E-state index contributed by atoms with van der Waals surface area (Å²) in [6.07, 6.45) is 2.67. The number of rotatable bonds is 5. The van der Waals surface area contributed by atoms with E-state index in [4.69, 9.17) is 9.47 Å². The molecular weight excluding hydrogens is 332 g/mol. The first-order valence-electron chi connectivity index (χ1n) is 9.29. The molecule has 3 rings (SSSR count). The second-order valence-electron chi connectivity index (χ2n) is 7.79. The summed E-state index contributed by atoms with van der Waals surface area (Å²) < 4.78 is 10.8. The van der Waals surface area contributed by atoms with Gasteiger partial charge in [-0.3, -0.25) is 9.59 Å². The van der Waals surface area contributed by atoms with Gasteiger partial charge >= 0.3 is 0 Å². The minimum Gasteiger partial charge on any atom is -0.493 e. The number of nitrogens with one attached hydrogen (secondary N) is 1. The van der Waals surface area contributed by atoms with E-state index in [1.54, 1.807) is 14.2 Å². The van der Waals surface area contributed by atoms with Crippen LogP contribution in [0, 0.1) is 5.41 Å². The second kappa shape index (κ2) is 7.27. The number of ether oxygens (including phenoxy) is 2. The summed E-state index contributed by atoms with van der Waals surface area (Å²) in [6.45, 7) is 6.20. The van der Waals surface area contributed by atoms with Crippen LogP contribution in [0.25, 0.3) is 0 Å². The number of piperidine rings is 1. The summed E-state index contributed by atoms with van der Waals surface area (Å²) in [5.74, 6) is 1.40. The Balaban J connectivity index is 1.72. The van der Waals surface area contributed by atoms with Crippen LogP contribution in [0.15, 0.2) is 12.1 Å². The van der Waals surface area contributed by atoms with Crippen molar-refractivity contribution in [3.05, 3.63) is 23.3 Å². The van der Waals surface area contributed by atoms with Gasteiger partial charge in [-0.15, -0.1) is 0 Å². The molecule has 1 aromatic carbocycles. The normalized spacial score (nSPS) is 22.2. The van der Waals surface area contributed by atoms with Gasteiger partial charge in [-0.05, 0) is 29.5 Å². The van der Waals surface area contributed by atoms with Gasteiger partial charge in [0.15, 0.2) is 18.2 Å². The Morgan fingerprint density at radius 2 is 1.65 bits per heavy atom. The fourth-order valence-corrected chi connectivity index (χ4v) is 3.94. The lowest BCUT2D eigenvalue weighted by molar-refractivity contribution is -0.923. The number of likely N-dealkylation sites (tertiary alicyclic amines) is 1. The summed E-state index contributed by atoms with van der Waals surface area (Å²) in [4.78, 5) is 27.8. The smallest absolute Gasteiger partial charge is 0.234 e. The largest absolute Gasteiger partial charge is 0.493 e. The average molecular weight is 361 g/mol. The Hall–Kier alpha value is -2.08. The predicted octanol–water partition coefficient (Wildman–Crippen LogP) is 1.17. The zero-order valence-electron chi connectivity index (χ0n) is 16.2. The number of nitrogens with zero attached hydrogens (tertiary/aromatic N) is 1. The maximum absolute atomic E-state index is 12.5. The van der Waals surface area contributed by atoms with E-state index >= 15 is 0 Å². The van der Waals surface area contributed by atoms with E-state index < -0.39 is 0 Å². The van der Waals surface area contributed by atoms with Gasteiger partial charge < -0.3 is 14.4 Å². The Morgan fingerprint density at radius 1 is 1.08 bits per heavy atom. The molecule has 1 fully saturated rings. The van der Waals surface area contributed by atoms with Crippen LogP contribution in [0.1, 0.15) is 44.2 Å². The van der Waals surface area contributed by atoms with Crippen LogP contribution < -0.4 is 14.4 Å². The fraction of sp³-hybridized carbons (Fsp3) is 0.600. The molecule has 1 N–H and O–H groups in total. The number of methoxy groups -OCH3 is 2. The third-order valence-electron chi connectivity index (χ3n) is 5.89. The fourth-order valence-electron chi connectivity index (χ4n) is 3.94. The minimum absolute atomic E-state index is 0.0313. The van der Waals surface area contributed by atoms with Gasteiger partial charge in [0.05, 0.1) is 20.8 Å². The van der Waals surface area contributed by atoms with Crippen LogP contribution in [-0.2, 0) is 22.6 Å². The summed E-state index contributed by atoms with van der Waals surface area (Å²) in [6, 6.07) is 4.05. The lowest BCUT2D eigenvalue weighted by atomic mass is 9.77. The monoisotopic (exact) mass is 361 g/mol. The molecule has 26 heavy (non-hydrogen) atoms. The highest BCUT2D eigenvalue weighted by atomic mass is 16.5. The summed E-state index contributed by atoms with van der Waals surface area (Å²) in [7, 11) is 3.27. The number of carbonyl (C=O) groups is 2. The Labute approximate surface area is 155 Å². The van der Waals surface area contributed by atoms with Gasteiger partial charge in [-0.25, -0.2) is 4.90 Å². The Morgan fingerprint density at radius 3 is 2.19 bits per heavy atom. The molecule has 2 heterocycles. The molecule has 2 aliphatic rings. The molecule has 6 nitrogen and oxygen atoms in total. The maximum atomic E-state index is 12.5. The molecule has 1 saturated heterocycles. The first kappa shape index (κ1) is 18.7. The summed E-state index contributed by atoms with van der Waals surface area (Å²) >= 11 is 0. The highest BCUT2D eigenvalue weighted by Crippen LogP contribution is 2.35. The number of benzene rings is 1. The first-order valence-corrected chi connectivity index (χ1v) is 9.29. The van der Waals surface area contributed by atoms with Crippen molar-refractivity contribution in [2.75, 3.05) is 27.4 Å². The van der Waals surface area contributed by atoms with Crippen LogP contribution in [0.2, 0.25) is 0 Å². The van der Waals surface area contributed by atoms with Gasteiger partial charge in [-0.2, -0.15) is 0 Å². The zero-order valence-corrected chi connectivity index (χ0v) is 16.2. The van der Waals surface area contributed by atoms with Gasteiger partial charge in [0.1, 0.15) is 6.54 Å². The number of hydrogen-bond acceptors (Lipinski definition) is 4. The second-order valence-corrected chi connectivity index (χ2v) is 7.79. The molecule has 0 aliphatic carbocycles. The van der Waals surface area contributed by atoms with E-state index in [0.29, 0.717) is 19.5 Å². The maximum Gasteiger partial charge on any atom is 0.234 e. The van der Waals surface area contributed by atoms with E-state index in [2.05, 4.69) is 0 Å². The van der Waals surface area contributed by atoms with Crippen molar-refractivity contribution < 1.29 is 24.0 Å². The lowest BCUT2D eigenvalue weighted by Crippen LogP contribution is -3.13. The lowest BCUT2D eigenvalue weighted by Gasteiger charge is -2.38. The van der Waals surface area contributed by atoms with Crippen LogP contribution in [-0.4, -0.2) is 44.1 Å². The minimum atomic E-state index is -0.182. The third kappa shape index (κ3) is 3.56. The van der Waals surface area contributed by atoms with Crippen molar-refractivity contribution in [3.8, 4) is 11.5 Å². The molecule has 1 atom stereocenters. The van der Waals surface area contributed by atoms with E-state index in [0.717, 1.165) is 37.4 Å². The molecule has 142 valence electrons. The quantitative estimate of drug-likeness (QED) is 0.800. The number of carbonyl (C=O) groups excluding carboxylic acids is 2. The van der Waals surface area contributed by atoms with E-state index in [9.17, 15) is 9.59 Å². The van der Waals surface area contributed by atoms with Crippen LogP contribution in [0.4, 0.5) is 0 Å². The molecule has 0 saturated carbocycles. The molecule has 6 heteroatoms. The standard InChI is InChI=1S/C20H28N2O4/c1-5-20(2)10-18(23)22(19(24)11-20)13-21-7-6-14-8-16(25-3)17(26-4)9-15(14)12-21/h8-9H,5-7,10-13H2,1-4H3/p+1.